The number of hydrogen-bond acceptors (Lipinski definition) is 4. The van der Waals surface area contributed by atoms with Crippen LogP contribution < -0.4 is 10.6 Å². The Labute approximate surface area is 146 Å². The lowest BCUT2D eigenvalue weighted by atomic mass is 10.1. The molecule has 0 atom stereocenters. The lowest BCUT2D eigenvalue weighted by molar-refractivity contribution is -0.123. The molecule has 2 aromatic carbocycles. The third-order valence-corrected chi connectivity index (χ3v) is 3.60. The number of amides is 3. The zero-order valence-electron chi connectivity index (χ0n) is 14.4. The number of benzene rings is 2. The van der Waals surface area contributed by atoms with Gasteiger partial charge in [0.2, 0.25) is 0 Å². The Bertz CT molecular complexity index is 766. The second-order valence-electron chi connectivity index (χ2n) is 6.09. The molecule has 6 heteroatoms. The van der Waals surface area contributed by atoms with Gasteiger partial charge in [-0.25, -0.2) is 9.59 Å². The SMILES string of the molecule is CC(C)CCNC(=O)NC(=O)COC(=O)c1cccc2ccccc12. The van der Waals surface area contributed by atoms with Crippen LogP contribution in [-0.2, 0) is 9.53 Å². The van der Waals surface area contributed by atoms with Crippen molar-refractivity contribution in [2.45, 2.75) is 20.3 Å². The van der Waals surface area contributed by atoms with Crippen LogP contribution in [0.2, 0.25) is 0 Å². The van der Waals surface area contributed by atoms with Gasteiger partial charge in [0, 0.05) is 6.54 Å². The number of carbonyl (C=O) groups is 3. The smallest absolute Gasteiger partial charge is 0.339 e. The van der Waals surface area contributed by atoms with E-state index in [0.717, 1.165) is 17.2 Å². The molecule has 3 amide bonds. The molecular formula is C19H22N2O4. The third-order valence-electron chi connectivity index (χ3n) is 3.60. The minimum Gasteiger partial charge on any atom is -0.452 e. The molecule has 0 aliphatic carbocycles. The summed E-state index contributed by atoms with van der Waals surface area (Å²) < 4.78 is 5.01. The Morgan fingerprint density at radius 2 is 1.76 bits per heavy atom. The van der Waals surface area contributed by atoms with Crippen LogP contribution in [0.15, 0.2) is 42.5 Å². The van der Waals surface area contributed by atoms with Gasteiger partial charge in [0.15, 0.2) is 6.61 Å². The lowest BCUT2D eigenvalue weighted by Gasteiger charge is -2.09. The van der Waals surface area contributed by atoms with Gasteiger partial charge in [-0.15, -0.1) is 0 Å². The van der Waals surface area contributed by atoms with E-state index < -0.39 is 24.5 Å². The fraction of sp³-hybridized carbons (Fsp3) is 0.316. The normalized spacial score (nSPS) is 10.5. The van der Waals surface area contributed by atoms with Crippen molar-refractivity contribution in [3.63, 3.8) is 0 Å². The van der Waals surface area contributed by atoms with Crippen LogP contribution in [0.25, 0.3) is 10.8 Å². The molecule has 0 heterocycles. The zero-order chi connectivity index (χ0) is 18.2. The summed E-state index contributed by atoms with van der Waals surface area (Å²) in [5.74, 6) is -0.819. The van der Waals surface area contributed by atoms with Crippen LogP contribution >= 0.6 is 0 Å². The predicted octanol–water partition coefficient (Wildman–Crippen LogP) is 2.87. The highest BCUT2D eigenvalue weighted by atomic mass is 16.5. The molecule has 0 radical (unpaired) electrons. The first-order valence-corrected chi connectivity index (χ1v) is 8.20. The van der Waals surface area contributed by atoms with Crippen molar-refractivity contribution in [3.05, 3.63) is 48.0 Å². The maximum atomic E-state index is 12.2. The van der Waals surface area contributed by atoms with Crippen molar-refractivity contribution < 1.29 is 19.1 Å². The maximum Gasteiger partial charge on any atom is 0.339 e. The second kappa shape index (κ2) is 8.82. The summed E-state index contributed by atoms with van der Waals surface area (Å²) in [6.45, 7) is 4.04. The van der Waals surface area contributed by atoms with Gasteiger partial charge in [-0.05, 0) is 29.2 Å². The van der Waals surface area contributed by atoms with Crippen LogP contribution in [0.5, 0.6) is 0 Å². The first-order valence-electron chi connectivity index (χ1n) is 8.20. The van der Waals surface area contributed by atoms with E-state index in [0.29, 0.717) is 18.0 Å². The molecule has 0 fully saturated rings. The fourth-order valence-electron chi connectivity index (χ4n) is 2.29. The molecule has 2 rings (SSSR count). The van der Waals surface area contributed by atoms with Crippen LogP contribution in [0, 0.1) is 5.92 Å². The van der Waals surface area contributed by atoms with E-state index in [1.54, 1.807) is 12.1 Å². The molecular weight excluding hydrogens is 320 g/mol. The average molecular weight is 342 g/mol. The summed E-state index contributed by atoms with van der Waals surface area (Å²) in [6, 6.07) is 12.1. The van der Waals surface area contributed by atoms with Crippen molar-refractivity contribution in [2.75, 3.05) is 13.2 Å². The molecule has 0 aliphatic rings. The minimum atomic E-state index is -0.671. The van der Waals surface area contributed by atoms with Gasteiger partial charge in [0.1, 0.15) is 0 Å². The van der Waals surface area contributed by atoms with Crippen molar-refractivity contribution in [2.24, 2.45) is 5.92 Å². The number of rotatable bonds is 6. The van der Waals surface area contributed by atoms with E-state index in [4.69, 9.17) is 4.74 Å². The molecule has 0 unspecified atom stereocenters. The predicted molar refractivity (Wildman–Crippen MR) is 95.2 cm³/mol. The van der Waals surface area contributed by atoms with E-state index >= 15 is 0 Å². The van der Waals surface area contributed by atoms with E-state index in [1.165, 1.54) is 0 Å². The number of nitrogens with one attached hydrogen (secondary N) is 2. The summed E-state index contributed by atoms with van der Waals surface area (Å²) in [6.07, 6.45) is 0.817. The number of imide groups is 1. The number of ether oxygens (including phenoxy) is 1. The molecule has 0 aliphatic heterocycles. The first kappa shape index (κ1) is 18.4. The third kappa shape index (κ3) is 5.60. The molecule has 6 nitrogen and oxygen atoms in total. The molecule has 0 saturated heterocycles. The van der Waals surface area contributed by atoms with Gasteiger partial charge in [0.25, 0.3) is 5.91 Å². The highest BCUT2D eigenvalue weighted by Crippen LogP contribution is 2.19. The molecule has 25 heavy (non-hydrogen) atoms. The maximum absolute atomic E-state index is 12.2. The fourth-order valence-corrected chi connectivity index (χ4v) is 2.29. The molecule has 2 N–H and O–H groups in total. The van der Waals surface area contributed by atoms with Crippen molar-refractivity contribution >= 4 is 28.7 Å². The highest BCUT2D eigenvalue weighted by molar-refractivity contribution is 6.05. The molecule has 0 spiro atoms. The quantitative estimate of drug-likeness (QED) is 0.791. The Morgan fingerprint density at radius 1 is 1.04 bits per heavy atom. The Morgan fingerprint density at radius 3 is 2.52 bits per heavy atom. The van der Waals surface area contributed by atoms with E-state index in [2.05, 4.69) is 10.6 Å². The van der Waals surface area contributed by atoms with E-state index in [1.807, 2.05) is 44.2 Å². The summed E-state index contributed by atoms with van der Waals surface area (Å²) in [5.41, 5.74) is 0.382. The second-order valence-corrected chi connectivity index (χ2v) is 6.09. The summed E-state index contributed by atoms with van der Waals surface area (Å²) >= 11 is 0. The van der Waals surface area contributed by atoms with Crippen molar-refractivity contribution in [1.82, 2.24) is 10.6 Å². The molecule has 0 bridgehead atoms. The monoisotopic (exact) mass is 342 g/mol. The Kier molecular flexibility index (Phi) is 6.51. The minimum absolute atomic E-state index is 0.382. The number of fused-ring (bicyclic) bond motifs is 1. The van der Waals surface area contributed by atoms with Gasteiger partial charge < -0.3 is 10.1 Å². The summed E-state index contributed by atoms with van der Waals surface area (Å²) in [7, 11) is 0. The van der Waals surface area contributed by atoms with Gasteiger partial charge in [-0.2, -0.15) is 0 Å². The number of urea groups is 1. The van der Waals surface area contributed by atoms with Crippen LogP contribution in [0.3, 0.4) is 0 Å². The topological polar surface area (TPSA) is 84.5 Å². The van der Waals surface area contributed by atoms with Gasteiger partial charge >= 0.3 is 12.0 Å². The van der Waals surface area contributed by atoms with Crippen molar-refractivity contribution in [1.29, 1.82) is 0 Å². The van der Waals surface area contributed by atoms with Crippen molar-refractivity contribution in [3.8, 4) is 0 Å². The number of esters is 1. The van der Waals surface area contributed by atoms with Crippen LogP contribution in [0.4, 0.5) is 4.79 Å². The van der Waals surface area contributed by atoms with Crippen LogP contribution in [0.1, 0.15) is 30.6 Å². The molecule has 2 aromatic rings. The summed E-state index contributed by atoms with van der Waals surface area (Å²) in [4.78, 5) is 35.4. The summed E-state index contributed by atoms with van der Waals surface area (Å²) in [5, 5.41) is 6.37. The largest absolute Gasteiger partial charge is 0.452 e. The highest BCUT2D eigenvalue weighted by Gasteiger charge is 2.14. The molecule has 0 aromatic heterocycles. The standard InChI is InChI=1S/C19H22N2O4/c1-13(2)10-11-20-19(24)21-17(22)12-25-18(23)16-9-5-7-14-6-3-4-8-15(14)16/h3-9,13H,10-12H2,1-2H3,(H2,20,21,22,24). The van der Waals surface area contributed by atoms with Gasteiger partial charge in [0.05, 0.1) is 5.56 Å². The van der Waals surface area contributed by atoms with E-state index in [-0.39, 0.29) is 0 Å². The van der Waals surface area contributed by atoms with Gasteiger partial charge in [-0.3, -0.25) is 10.1 Å². The van der Waals surface area contributed by atoms with E-state index in [9.17, 15) is 14.4 Å². The number of carbonyl (C=O) groups excluding carboxylic acids is 3. The molecule has 132 valence electrons. The Balaban J connectivity index is 1.85. The Hall–Kier alpha value is -2.89. The zero-order valence-corrected chi connectivity index (χ0v) is 14.4. The lowest BCUT2D eigenvalue weighted by Crippen LogP contribution is -2.42. The van der Waals surface area contributed by atoms with Crippen LogP contribution in [-0.4, -0.2) is 31.1 Å². The average Bonchev–Trinajstić information content (AvgIpc) is 2.58. The van der Waals surface area contributed by atoms with Gasteiger partial charge in [-0.1, -0.05) is 50.2 Å². The number of hydrogen-bond donors (Lipinski definition) is 2. The molecule has 0 saturated carbocycles. The first-order chi connectivity index (χ1) is 12.0.